The van der Waals surface area contributed by atoms with Crippen LogP contribution in [0.15, 0.2) is 91.0 Å². The molecule has 8 nitrogen and oxygen atoms in total. The minimum Gasteiger partial charge on any atom is -0.481 e. The van der Waals surface area contributed by atoms with Crippen molar-refractivity contribution in [2.45, 2.75) is 83.0 Å². The Balaban J connectivity index is 1.27. The number of unbranched alkanes of at least 4 members (excludes halogenated alkanes) is 3. The van der Waals surface area contributed by atoms with Gasteiger partial charge < -0.3 is 25.0 Å². The molecule has 47 heavy (non-hydrogen) atoms. The molecule has 0 spiro atoms. The number of hydrogen-bond donors (Lipinski definition) is 3. The molecule has 3 N–H and O–H groups in total. The molecule has 1 amide bonds. The number of amides is 1. The van der Waals surface area contributed by atoms with E-state index in [0.29, 0.717) is 37.9 Å². The first-order valence-corrected chi connectivity index (χ1v) is 16.6. The van der Waals surface area contributed by atoms with E-state index >= 15 is 0 Å². The second-order valence-electron chi connectivity index (χ2n) is 12.6. The Morgan fingerprint density at radius 1 is 0.851 bits per heavy atom. The lowest BCUT2D eigenvalue weighted by Crippen LogP contribution is -2.38. The second kappa shape index (κ2) is 16.7. The highest BCUT2D eigenvalue weighted by molar-refractivity contribution is 5.90. The summed E-state index contributed by atoms with van der Waals surface area (Å²) in [7, 11) is 2.13. The zero-order chi connectivity index (χ0) is 33.2. The van der Waals surface area contributed by atoms with Gasteiger partial charge in [-0.2, -0.15) is 0 Å². The number of hydrogen-bond acceptors (Lipinski definition) is 6. The number of carbonyl (C=O) groups excluding carboxylic acids is 1. The van der Waals surface area contributed by atoms with Crippen molar-refractivity contribution in [2.24, 2.45) is 0 Å². The minimum absolute atomic E-state index is 0.0130. The van der Waals surface area contributed by atoms with E-state index in [-0.39, 0.29) is 37.2 Å². The topological polar surface area (TPSA) is 108 Å². The Morgan fingerprint density at radius 3 is 2.34 bits per heavy atom. The van der Waals surface area contributed by atoms with Gasteiger partial charge in [-0.25, -0.2) is 0 Å². The van der Waals surface area contributed by atoms with Crippen LogP contribution < -0.4 is 5.32 Å². The van der Waals surface area contributed by atoms with Crippen LogP contribution in [0.25, 0.3) is 10.8 Å². The molecule has 5 rings (SSSR count). The molecule has 1 heterocycles. The second-order valence-corrected chi connectivity index (χ2v) is 12.6. The van der Waals surface area contributed by atoms with Crippen LogP contribution in [-0.4, -0.2) is 46.7 Å². The van der Waals surface area contributed by atoms with Crippen LogP contribution in [0.2, 0.25) is 0 Å². The fourth-order valence-electron chi connectivity index (χ4n) is 6.14. The number of benzene rings is 4. The van der Waals surface area contributed by atoms with E-state index in [9.17, 15) is 14.7 Å². The van der Waals surface area contributed by atoms with Crippen LogP contribution >= 0.6 is 0 Å². The van der Waals surface area contributed by atoms with E-state index in [2.05, 4.69) is 66.7 Å². The third-order valence-corrected chi connectivity index (χ3v) is 9.01. The molecule has 248 valence electrons. The SMILES string of the molecule is C[C@H](c1ccc2ccccc2c1)N(C)C[C@@H]1C[C@H](c2ccc(CO)cc2)O[C@H](c2cccc(NC(=O)CCCCCCC(=O)O)c2)O1. The Kier molecular flexibility index (Phi) is 12.1. The van der Waals surface area contributed by atoms with Gasteiger partial charge in [-0.3, -0.25) is 14.5 Å². The smallest absolute Gasteiger partial charge is 0.303 e. The molecule has 4 atom stereocenters. The highest BCUT2D eigenvalue weighted by Gasteiger charge is 2.33. The molecule has 1 saturated heterocycles. The summed E-state index contributed by atoms with van der Waals surface area (Å²) in [6.45, 7) is 2.90. The lowest BCUT2D eigenvalue weighted by molar-refractivity contribution is -0.253. The molecule has 1 fully saturated rings. The molecule has 0 aliphatic carbocycles. The van der Waals surface area contributed by atoms with Crippen molar-refractivity contribution in [3.05, 3.63) is 113 Å². The van der Waals surface area contributed by atoms with E-state index in [1.807, 2.05) is 48.5 Å². The van der Waals surface area contributed by atoms with Crippen LogP contribution in [0.1, 0.15) is 92.6 Å². The summed E-state index contributed by atoms with van der Waals surface area (Å²) in [5.41, 5.74) is 4.62. The van der Waals surface area contributed by atoms with E-state index in [4.69, 9.17) is 14.6 Å². The van der Waals surface area contributed by atoms with Crippen molar-refractivity contribution in [1.82, 2.24) is 4.90 Å². The molecule has 8 heteroatoms. The summed E-state index contributed by atoms with van der Waals surface area (Å²) >= 11 is 0. The Bertz CT molecular complexity index is 1620. The highest BCUT2D eigenvalue weighted by atomic mass is 16.7. The van der Waals surface area contributed by atoms with Gasteiger partial charge in [0.25, 0.3) is 0 Å². The van der Waals surface area contributed by atoms with E-state index in [1.54, 1.807) is 0 Å². The van der Waals surface area contributed by atoms with Gasteiger partial charge in [-0.05, 0) is 72.5 Å². The van der Waals surface area contributed by atoms with Crippen LogP contribution in [0.3, 0.4) is 0 Å². The van der Waals surface area contributed by atoms with Gasteiger partial charge >= 0.3 is 5.97 Å². The molecule has 1 aliphatic rings. The summed E-state index contributed by atoms with van der Waals surface area (Å²) in [4.78, 5) is 25.7. The summed E-state index contributed by atoms with van der Waals surface area (Å²) in [6.07, 6.45) is 3.21. The first-order chi connectivity index (χ1) is 22.8. The Morgan fingerprint density at radius 2 is 1.60 bits per heavy atom. The molecular weight excluding hydrogens is 592 g/mol. The Hall–Kier alpha value is -4.08. The largest absolute Gasteiger partial charge is 0.481 e. The molecular formula is C39H46N2O6. The van der Waals surface area contributed by atoms with Crippen LogP contribution in [-0.2, 0) is 25.7 Å². The molecule has 0 aromatic heterocycles. The summed E-state index contributed by atoms with van der Waals surface area (Å²) < 4.78 is 13.2. The fourth-order valence-corrected chi connectivity index (χ4v) is 6.14. The predicted octanol–water partition coefficient (Wildman–Crippen LogP) is 7.93. The van der Waals surface area contributed by atoms with Crippen molar-refractivity contribution in [2.75, 3.05) is 18.9 Å². The van der Waals surface area contributed by atoms with Crippen molar-refractivity contribution < 1.29 is 29.3 Å². The zero-order valence-electron chi connectivity index (χ0n) is 27.3. The number of aliphatic hydroxyl groups is 1. The number of aliphatic carboxylic acids is 1. The number of carboxylic acid groups (broad SMARTS) is 1. The first kappa shape index (κ1) is 34.3. The quantitative estimate of drug-likeness (QED) is 0.114. The number of likely N-dealkylation sites (N-methyl/N-ethyl adjacent to an activating group) is 1. The molecule has 4 aromatic carbocycles. The molecule has 0 saturated carbocycles. The van der Waals surface area contributed by atoms with Crippen molar-refractivity contribution in [3.8, 4) is 0 Å². The average Bonchev–Trinajstić information content (AvgIpc) is 3.09. The number of carbonyl (C=O) groups is 2. The van der Waals surface area contributed by atoms with Crippen LogP contribution in [0.5, 0.6) is 0 Å². The number of carboxylic acids is 1. The highest BCUT2D eigenvalue weighted by Crippen LogP contribution is 2.39. The molecule has 0 unspecified atom stereocenters. The molecule has 1 aliphatic heterocycles. The van der Waals surface area contributed by atoms with Gasteiger partial charge in [0.1, 0.15) is 0 Å². The summed E-state index contributed by atoms with van der Waals surface area (Å²) in [6, 6.07) is 30.7. The number of fused-ring (bicyclic) bond motifs is 1. The minimum atomic E-state index is -0.784. The lowest BCUT2D eigenvalue weighted by Gasteiger charge is -2.39. The van der Waals surface area contributed by atoms with Crippen molar-refractivity contribution in [1.29, 1.82) is 0 Å². The van der Waals surface area contributed by atoms with Gasteiger partial charge in [-0.15, -0.1) is 0 Å². The molecule has 0 bridgehead atoms. The maximum Gasteiger partial charge on any atom is 0.303 e. The van der Waals surface area contributed by atoms with Crippen LogP contribution in [0.4, 0.5) is 5.69 Å². The number of aliphatic hydroxyl groups excluding tert-OH is 1. The van der Waals surface area contributed by atoms with E-state index < -0.39 is 12.3 Å². The standard InChI is InChI=1S/C39H46N2O6/c1-27(31-21-20-29-10-7-8-11-32(29)22-31)41(2)25-35-24-36(30-18-16-28(26-42)17-19-30)47-39(46-35)33-12-9-13-34(23-33)40-37(43)14-5-3-4-6-15-38(44)45/h7-13,16-23,27,35-36,39,42H,3-6,14-15,24-26H2,1-2H3,(H,40,43)(H,44,45)/t27-,35+,36-,39-/m1/s1. The maximum atomic E-state index is 12.7. The fraction of sp³-hybridized carbons (Fsp3) is 0.385. The van der Waals surface area contributed by atoms with E-state index in [0.717, 1.165) is 29.5 Å². The normalized spacial score (nSPS) is 18.7. The average molecular weight is 639 g/mol. The van der Waals surface area contributed by atoms with Crippen molar-refractivity contribution >= 4 is 28.3 Å². The van der Waals surface area contributed by atoms with Crippen molar-refractivity contribution in [3.63, 3.8) is 0 Å². The number of rotatable bonds is 15. The predicted molar refractivity (Wildman–Crippen MR) is 184 cm³/mol. The van der Waals surface area contributed by atoms with Gasteiger partial charge in [0.2, 0.25) is 5.91 Å². The van der Waals surface area contributed by atoms with Gasteiger partial charge in [0.15, 0.2) is 6.29 Å². The van der Waals surface area contributed by atoms with Crippen LogP contribution in [0, 0.1) is 0 Å². The Labute approximate surface area is 277 Å². The first-order valence-electron chi connectivity index (χ1n) is 16.6. The van der Waals surface area contributed by atoms with E-state index in [1.165, 1.54) is 16.3 Å². The number of nitrogens with one attached hydrogen (secondary N) is 1. The maximum absolute atomic E-state index is 12.7. The third kappa shape index (κ3) is 9.72. The molecule has 0 radical (unpaired) electrons. The number of ether oxygens (including phenoxy) is 2. The number of anilines is 1. The zero-order valence-corrected chi connectivity index (χ0v) is 27.3. The summed E-state index contributed by atoms with van der Waals surface area (Å²) in [5.74, 6) is -0.858. The lowest BCUT2D eigenvalue weighted by atomic mass is 9.98. The monoisotopic (exact) mass is 638 g/mol. The number of nitrogens with zero attached hydrogens (tertiary/aromatic N) is 1. The van der Waals surface area contributed by atoms with Gasteiger partial charge in [-0.1, -0.05) is 85.6 Å². The molecule has 4 aromatic rings. The van der Waals surface area contributed by atoms with Gasteiger partial charge in [0.05, 0.1) is 18.8 Å². The van der Waals surface area contributed by atoms with Gasteiger partial charge in [0, 0.05) is 43.1 Å². The summed E-state index contributed by atoms with van der Waals surface area (Å²) in [5, 5.41) is 23.8. The third-order valence-electron chi connectivity index (χ3n) is 9.01.